The molecule has 2 amide bonds. The fraction of sp³-hybridized carbons (Fsp3) is 0.346. The van der Waals surface area contributed by atoms with Gasteiger partial charge in [-0.3, -0.25) is 14.5 Å². The molecule has 2 aromatic carbocycles. The molecular weight excluding hydrogens is 454 g/mol. The van der Waals surface area contributed by atoms with Crippen LogP contribution in [0.3, 0.4) is 0 Å². The first-order chi connectivity index (χ1) is 16.8. The minimum atomic E-state index is -0.732. The molecule has 1 aliphatic rings. The van der Waals surface area contributed by atoms with Crippen LogP contribution in [-0.2, 0) is 16.0 Å². The van der Waals surface area contributed by atoms with Crippen molar-refractivity contribution in [3.63, 3.8) is 0 Å². The zero-order chi connectivity index (χ0) is 24.9. The van der Waals surface area contributed by atoms with Gasteiger partial charge in [-0.2, -0.15) is 0 Å². The number of amides is 2. The second-order valence-electron chi connectivity index (χ2n) is 8.67. The topological polar surface area (TPSA) is 78.7 Å². The number of aromatic nitrogens is 1. The Hall–Kier alpha value is -3.59. The molecule has 0 saturated carbocycles. The van der Waals surface area contributed by atoms with Crippen molar-refractivity contribution in [2.75, 3.05) is 38.0 Å². The zero-order valence-corrected chi connectivity index (χ0v) is 19.8. The molecule has 4 rings (SSSR count). The van der Waals surface area contributed by atoms with Gasteiger partial charge in [0.15, 0.2) is 11.7 Å². The maximum atomic E-state index is 13.9. The van der Waals surface area contributed by atoms with Crippen LogP contribution in [0.2, 0.25) is 0 Å². The van der Waals surface area contributed by atoms with E-state index in [-0.39, 0.29) is 48.4 Å². The third-order valence-electron chi connectivity index (χ3n) is 6.29. The van der Waals surface area contributed by atoms with Crippen molar-refractivity contribution >= 4 is 17.5 Å². The van der Waals surface area contributed by atoms with Gasteiger partial charge >= 0.3 is 0 Å². The summed E-state index contributed by atoms with van der Waals surface area (Å²) < 4.78 is 33.4. The normalized spacial score (nSPS) is 14.2. The van der Waals surface area contributed by atoms with Crippen LogP contribution in [0, 0.1) is 25.5 Å². The van der Waals surface area contributed by atoms with E-state index in [0.29, 0.717) is 26.2 Å². The van der Waals surface area contributed by atoms with E-state index in [0.717, 1.165) is 28.9 Å². The van der Waals surface area contributed by atoms with Crippen molar-refractivity contribution in [2.45, 2.75) is 26.7 Å². The Bertz CT molecular complexity index is 1200. The number of piperazine rings is 1. The summed E-state index contributed by atoms with van der Waals surface area (Å²) in [4.78, 5) is 32.9. The molecule has 2 heterocycles. The summed E-state index contributed by atoms with van der Waals surface area (Å²) in [6, 6.07) is 9.39. The molecule has 1 aromatic heterocycles. The number of oxazole rings is 1. The highest BCUT2D eigenvalue weighted by Gasteiger charge is 2.23. The molecule has 0 atom stereocenters. The first kappa shape index (κ1) is 24.5. The predicted octanol–water partition coefficient (Wildman–Crippen LogP) is 3.95. The Labute approximate surface area is 202 Å². The Morgan fingerprint density at radius 3 is 2.43 bits per heavy atom. The van der Waals surface area contributed by atoms with Crippen molar-refractivity contribution < 1.29 is 22.8 Å². The monoisotopic (exact) mass is 482 g/mol. The number of nitrogens with zero attached hydrogens (tertiary/aromatic N) is 3. The number of anilines is 1. The molecule has 1 saturated heterocycles. The van der Waals surface area contributed by atoms with Crippen LogP contribution >= 0.6 is 0 Å². The quantitative estimate of drug-likeness (QED) is 0.552. The van der Waals surface area contributed by atoms with Gasteiger partial charge in [0.05, 0.1) is 18.3 Å². The molecule has 0 unspecified atom stereocenters. The minimum Gasteiger partial charge on any atom is -0.441 e. The number of aryl methyl sites for hydroxylation is 2. The molecule has 184 valence electrons. The molecule has 0 bridgehead atoms. The van der Waals surface area contributed by atoms with Crippen molar-refractivity contribution in [2.24, 2.45) is 0 Å². The lowest BCUT2D eigenvalue weighted by molar-refractivity contribution is -0.133. The van der Waals surface area contributed by atoms with E-state index in [1.807, 2.05) is 36.9 Å². The Morgan fingerprint density at radius 2 is 1.71 bits per heavy atom. The number of halogens is 2. The molecule has 3 aromatic rings. The lowest BCUT2D eigenvalue weighted by atomic mass is 10.1. The van der Waals surface area contributed by atoms with Crippen LogP contribution < -0.4 is 5.32 Å². The summed E-state index contributed by atoms with van der Waals surface area (Å²) in [5.41, 5.74) is 2.72. The molecule has 1 N–H and O–H groups in total. The Balaban J connectivity index is 1.23. The van der Waals surface area contributed by atoms with Gasteiger partial charge in [0.25, 0.3) is 0 Å². The van der Waals surface area contributed by atoms with Crippen molar-refractivity contribution in [3.05, 3.63) is 71.2 Å². The smallest absolute Gasteiger partial charge is 0.238 e. The fourth-order valence-corrected chi connectivity index (χ4v) is 4.08. The maximum absolute atomic E-state index is 13.9. The van der Waals surface area contributed by atoms with E-state index in [1.165, 1.54) is 12.3 Å². The second-order valence-corrected chi connectivity index (χ2v) is 8.67. The van der Waals surface area contributed by atoms with Crippen LogP contribution in [0.5, 0.6) is 0 Å². The summed E-state index contributed by atoms with van der Waals surface area (Å²) >= 11 is 0. The summed E-state index contributed by atoms with van der Waals surface area (Å²) in [5.74, 6) is -1.35. The van der Waals surface area contributed by atoms with Gasteiger partial charge in [0, 0.05) is 44.7 Å². The zero-order valence-electron chi connectivity index (χ0n) is 19.8. The van der Waals surface area contributed by atoms with E-state index < -0.39 is 11.6 Å². The first-order valence-electron chi connectivity index (χ1n) is 11.6. The van der Waals surface area contributed by atoms with Gasteiger partial charge in [-0.1, -0.05) is 18.2 Å². The van der Waals surface area contributed by atoms with Gasteiger partial charge in [0.2, 0.25) is 11.8 Å². The van der Waals surface area contributed by atoms with E-state index in [4.69, 9.17) is 4.42 Å². The SMILES string of the molecule is Cc1cccc(NC(=O)CN2CCN(C(=O)CCc3ncc(-c4c(F)cccc4F)o3)CC2)c1C. The highest BCUT2D eigenvalue weighted by Crippen LogP contribution is 2.27. The lowest BCUT2D eigenvalue weighted by Crippen LogP contribution is -2.50. The molecule has 0 aliphatic carbocycles. The molecule has 1 fully saturated rings. The number of rotatable bonds is 7. The highest BCUT2D eigenvalue weighted by molar-refractivity contribution is 5.93. The van der Waals surface area contributed by atoms with Gasteiger partial charge in [-0.25, -0.2) is 13.8 Å². The Kier molecular flexibility index (Phi) is 7.55. The van der Waals surface area contributed by atoms with E-state index in [1.54, 1.807) is 4.90 Å². The summed E-state index contributed by atoms with van der Waals surface area (Å²) in [5, 5.41) is 2.97. The van der Waals surface area contributed by atoms with E-state index in [9.17, 15) is 18.4 Å². The molecular formula is C26H28F2N4O3. The van der Waals surface area contributed by atoms with Crippen LogP contribution in [0.15, 0.2) is 47.0 Å². The van der Waals surface area contributed by atoms with Crippen LogP contribution in [0.4, 0.5) is 14.5 Å². The predicted molar refractivity (Wildman–Crippen MR) is 128 cm³/mol. The maximum Gasteiger partial charge on any atom is 0.238 e. The third kappa shape index (κ3) is 5.92. The molecule has 0 radical (unpaired) electrons. The number of hydrogen-bond acceptors (Lipinski definition) is 5. The Morgan fingerprint density at radius 1 is 1.03 bits per heavy atom. The van der Waals surface area contributed by atoms with E-state index >= 15 is 0 Å². The van der Waals surface area contributed by atoms with Crippen LogP contribution in [0.25, 0.3) is 11.3 Å². The highest BCUT2D eigenvalue weighted by atomic mass is 19.1. The average molecular weight is 483 g/mol. The van der Waals surface area contributed by atoms with Crippen molar-refractivity contribution in [3.8, 4) is 11.3 Å². The van der Waals surface area contributed by atoms with E-state index in [2.05, 4.69) is 10.3 Å². The van der Waals surface area contributed by atoms with Crippen molar-refractivity contribution in [1.82, 2.24) is 14.8 Å². The standard InChI is InChI=1S/C26H28F2N4O3/c1-17-5-3-8-21(18(17)2)30-23(33)16-31-11-13-32(14-12-31)25(34)10-9-24-29-15-22(35-24)26-19(27)6-4-7-20(26)28/h3-8,15H,9-14,16H2,1-2H3,(H,30,33). The van der Waals surface area contributed by atoms with Crippen molar-refractivity contribution in [1.29, 1.82) is 0 Å². The van der Waals surface area contributed by atoms with Crippen LogP contribution in [-0.4, -0.2) is 59.3 Å². The molecule has 1 aliphatic heterocycles. The lowest BCUT2D eigenvalue weighted by Gasteiger charge is -2.34. The molecule has 7 nitrogen and oxygen atoms in total. The second kappa shape index (κ2) is 10.8. The van der Waals surface area contributed by atoms with Gasteiger partial charge in [0.1, 0.15) is 11.6 Å². The van der Waals surface area contributed by atoms with Gasteiger partial charge < -0.3 is 14.6 Å². The third-order valence-corrected chi connectivity index (χ3v) is 6.29. The number of carbonyl (C=O) groups excluding carboxylic acids is 2. The largest absolute Gasteiger partial charge is 0.441 e. The van der Waals surface area contributed by atoms with Gasteiger partial charge in [-0.05, 0) is 43.2 Å². The minimum absolute atomic E-state index is 0.00389. The number of hydrogen-bond donors (Lipinski definition) is 1. The fourth-order valence-electron chi connectivity index (χ4n) is 4.08. The molecule has 9 heteroatoms. The summed E-state index contributed by atoms with van der Waals surface area (Å²) in [6.45, 7) is 6.49. The first-order valence-corrected chi connectivity index (χ1v) is 11.6. The molecule has 0 spiro atoms. The molecule has 35 heavy (non-hydrogen) atoms. The number of benzene rings is 2. The van der Waals surface area contributed by atoms with Crippen LogP contribution in [0.1, 0.15) is 23.4 Å². The number of carbonyl (C=O) groups is 2. The average Bonchev–Trinajstić information content (AvgIpc) is 3.29. The summed E-state index contributed by atoms with van der Waals surface area (Å²) in [7, 11) is 0. The van der Waals surface area contributed by atoms with Gasteiger partial charge in [-0.15, -0.1) is 0 Å². The summed E-state index contributed by atoms with van der Waals surface area (Å²) in [6.07, 6.45) is 1.67. The number of nitrogens with one attached hydrogen (secondary N) is 1.